The molecule has 0 bridgehead atoms. The Kier molecular flexibility index (Phi) is 4.81. The van der Waals surface area contributed by atoms with Gasteiger partial charge >= 0.3 is 6.03 Å². The summed E-state index contributed by atoms with van der Waals surface area (Å²) < 4.78 is 14.8. The second kappa shape index (κ2) is 7.36. The van der Waals surface area contributed by atoms with Gasteiger partial charge in [0.2, 0.25) is 0 Å². The third-order valence-electron chi connectivity index (χ3n) is 3.37. The molecule has 7 heteroatoms. The minimum atomic E-state index is -0.393. The summed E-state index contributed by atoms with van der Waals surface area (Å²) in [6.45, 7) is 1.03. The summed E-state index contributed by atoms with van der Waals surface area (Å²) >= 11 is 0. The van der Waals surface area contributed by atoms with Gasteiger partial charge in [-0.05, 0) is 29.3 Å². The second-order valence-electron chi connectivity index (χ2n) is 5.23. The molecule has 3 aromatic rings. The quantitative estimate of drug-likeness (QED) is 0.758. The van der Waals surface area contributed by atoms with Gasteiger partial charge in [0.15, 0.2) is 0 Å². The summed E-state index contributed by atoms with van der Waals surface area (Å²) in [6.07, 6.45) is 3.15. The summed E-state index contributed by atoms with van der Waals surface area (Å²) in [5.41, 5.74) is 2.47. The molecule has 24 heavy (non-hydrogen) atoms. The zero-order valence-corrected chi connectivity index (χ0v) is 12.8. The molecule has 0 saturated heterocycles. The van der Waals surface area contributed by atoms with E-state index in [4.69, 9.17) is 0 Å². The molecule has 3 rings (SSSR count). The van der Waals surface area contributed by atoms with Crippen LogP contribution in [0, 0.1) is 5.82 Å². The summed E-state index contributed by atoms with van der Waals surface area (Å²) in [7, 11) is 0. The van der Waals surface area contributed by atoms with Crippen molar-refractivity contribution in [1.82, 2.24) is 20.1 Å². The molecule has 2 aromatic carbocycles. The maximum absolute atomic E-state index is 13.1. The van der Waals surface area contributed by atoms with E-state index in [1.54, 1.807) is 23.1 Å². The highest BCUT2D eigenvalue weighted by molar-refractivity contribution is 5.89. The van der Waals surface area contributed by atoms with Crippen LogP contribution in [-0.2, 0) is 13.1 Å². The molecular formula is C17H16FN5O. The van der Waals surface area contributed by atoms with E-state index >= 15 is 0 Å². The zero-order chi connectivity index (χ0) is 16.8. The van der Waals surface area contributed by atoms with Crippen LogP contribution in [0.25, 0.3) is 0 Å². The maximum atomic E-state index is 13.1. The SMILES string of the molecule is O=C(NCc1ccc(Cn2cncn2)cc1)Nc1cccc(F)c1. The third kappa shape index (κ3) is 4.39. The Balaban J connectivity index is 1.50. The lowest BCUT2D eigenvalue weighted by atomic mass is 10.1. The van der Waals surface area contributed by atoms with Gasteiger partial charge in [0.1, 0.15) is 18.5 Å². The molecule has 0 atom stereocenters. The van der Waals surface area contributed by atoms with Crippen LogP contribution in [0.4, 0.5) is 14.9 Å². The normalized spacial score (nSPS) is 10.4. The van der Waals surface area contributed by atoms with Crippen molar-refractivity contribution in [3.63, 3.8) is 0 Å². The number of rotatable bonds is 5. The molecule has 0 radical (unpaired) electrons. The maximum Gasteiger partial charge on any atom is 0.319 e. The van der Waals surface area contributed by atoms with Crippen LogP contribution in [0.15, 0.2) is 61.2 Å². The number of nitrogens with one attached hydrogen (secondary N) is 2. The number of amides is 2. The molecule has 2 N–H and O–H groups in total. The van der Waals surface area contributed by atoms with Crippen LogP contribution < -0.4 is 10.6 Å². The average Bonchev–Trinajstić information content (AvgIpc) is 3.07. The summed E-state index contributed by atoms with van der Waals surface area (Å²) in [6, 6.07) is 13.2. The van der Waals surface area contributed by atoms with Crippen molar-refractivity contribution in [1.29, 1.82) is 0 Å². The fourth-order valence-corrected chi connectivity index (χ4v) is 2.19. The number of hydrogen-bond acceptors (Lipinski definition) is 3. The number of hydrogen-bond donors (Lipinski definition) is 2. The smallest absolute Gasteiger partial charge is 0.319 e. The average molecular weight is 325 g/mol. The largest absolute Gasteiger partial charge is 0.334 e. The number of aromatic nitrogens is 3. The second-order valence-corrected chi connectivity index (χ2v) is 5.23. The van der Waals surface area contributed by atoms with E-state index in [9.17, 15) is 9.18 Å². The molecule has 0 saturated carbocycles. The Hall–Kier alpha value is -3.22. The Morgan fingerprint density at radius 3 is 2.62 bits per heavy atom. The van der Waals surface area contributed by atoms with Crippen LogP contribution in [-0.4, -0.2) is 20.8 Å². The van der Waals surface area contributed by atoms with Crippen molar-refractivity contribution in [2.75, 3.05) is 5.32 Å². The van der Waals surface area contributed by atoms with Gasteiger partial charge in [0, 0.05) is 12.2 Å². The lowest BCUT2D eigenvalue weighted by Crippen LogP contribution is -2.28. The van der Waals surface area contributed by atoms with Gasteiger partial charge in [0.05, 0.1) is 6.54 Å². The number of halogens is 1. The summed E-state index contributed by atoms with van der Waals surface area (Å²) in [5.74, 6) is -0.393. The number of urea groups is 1. The van der Waals surface area contributed by atoms with Crippen molar-refractivity contribution >= 4 is 11.7 Å². The minimum Gasteiger partial charge on any atom is -0.334 e. The van der Waals surface area contributed by atoms with Gasteiger partial charge in [-0.15, -0.1) is 0 Å². The molecule has 6 nitrogen and oxygen atoms in total. The first-order valence-electron chi connectivity index (χ1n) is 7.40. The number of anilines is 1. The number of carbonyl (C=O) groups excluding carboxylic acids is 1. The summed E-state index contributed by atoms with van der Waals surface area (Å²) in [5, 5.41) is 9.37. The topological polar surface area (TPSA) is 71.8 Å². The summed E-state index contributed by atoms with van der Waals surface area (Å²) in [4.78, 5) is 15.7. The van der Waals surface area contributed by atoms with Crippen LogP contribution in [0.5, 0.6) is 0 Å². The van der Waals surface area contributed by atoms with Crippen LogP contribution >= 0.6 is 0 Å². The van der Waals surface area contributed by atoms with E-state index in [2.05, 4.69) is 20.7 Å². The standard InChI is InChI=1S/C17H16FN5O/c18-15-2-1-3-16(8-15)22-17(24)20-9-13-4-6-14(7-5-13)10-23-12-19-11-21-23/h1-8,11-12H,9-10H2,(H2,20,22,24). The highest BCUT2D eigenvalue weighted by Crippen LogP contribution is 2.09. The molecule has 1 heterocycles. The Labute approximate surface area is 138 Å². The molecule has 1 aromatic heterocycles. The highest BCUT2D eigenvalue weighted by Gasteiger charge is 2.03. The predicted octanol–water partition coefficient (Wildman–Crippen LogP) is 2.79. The zero-order valence-electron chi connectivity index (χ0n) is 12.8. The fourth-order valence-electron chi connectivity index (χ4n) is 2.19. The number of carbonyl (C=O) groups is 1. The predicted molar refractivity (Wildman–Crippen MR) is 87.8 cm³/mol. The molecule has 0 spiro atoms. The molecule has 0 aliphatic carbocycles. The van der Waals surface area contributed by atoms with E-state index in [0.29, 0.717) is 18.8 Å². The third-order valence-corrected chi connectivity index (χ3v) is 3.37. The highest BCUT2D eigenvalue weighted by atomic mass is 19.1. The van der Waals surface area contributed by atoms with Crippen molar-refractivity contribution < 1.29 is 9.18 Å². The molecular weight excluding hydrogens is 309 g/mol. The number of benzene rings is 2. The van der Waals surface area contributed by atoms with Crippen LogP contribution in [0.2, 0.25) is 0 Å². The van der Waals surface area contributed by atoms with Gasteiger partial charge in [0.25, 0.3) is 0 Å². The van der Waals surface area contributed by atoms with Gasteiger partial charge in [-0.25, -0.2) is 18.9 Å². The Morgan fingerprint density at radius 2 is 1.92 bits per heavy atom. The molecule has 0 aliphatic heterocycles. The van der Waals surface area contributed by atoms with Crippen molar-refractivity contribution in [2.24, 2.45) is 0 Å². The first-order chi connectivity index (χ1) is 11.7. The van der Waals surface area contributed by atoms with Gasteiger partial charge < -0.3 is 10.6 Å². The molecule has 0 unspecified atom stereocenters. The number of nitrogens with zero attached hydrogens (tertiary/aromatic N) is 3. The Morgan fingerprint density at radius 1 is 1.12 bits per heavy atom. The van der Waals surface area contributed by atoms with E-state index in [0.717, 1.165) is 11.1 Å². The van der Waals surface area contributed by atoms with Gasteiger partial charge in [-0.1, -0.05) is 30.3 Å². The first kappa shape index (κ1) is 15.7. The van der Waals surface area contributed by atoms with E-state index in [1.807, 2.05) is 24.3 Å². The van der Waals surface area contributed by atoms with Crippen LogP contribution in [0.3, 0.4) is 0 Å². The molecule has 0 fully saturated rings. The van der Waals surface area contributed by atoms with Crippen molar-refractivity contribution in [3.05, 3.63) is 78.1 Å². The van der Waals surface area contributed by atoms with Crippen LogP contribution in [0.1, 0.15) is 11.1 Å². The first-order valence-corrected chi connectivity index (χ1v) is 7.40. The van der Waals surface area contributed by atoms with Gasteiger partial charge in [-0.2, -0.15) is 5.10 Å². The molecule has 122 valence electrons. The minimum absolute atomic E-state index is 0.380. The lowest BCUT2D eigenvalue weighted by molar-refractivity contribution is 0.251. The fraction of sp³-hybridized carbons (Fsp3) is 0.118. The van der Waals surface area contributed by atoms with E-state index in [-0.39, 0.29) is 6.03 Å². The molecule has 0 aliphatic rings. The van der Waals surface area contributed by atoms with E-state index in [1.165, 1.54) is 18.5 Å². The van der Waals surface area contributed by atoms with Gasteiger partial charge in [-0.3, -0.25) is 0 Å². The molecule has 2 amide bonds. The van der Waals surface area contributed by atoms with Crippen molar-refractivity contribution in [2.45, 2.75) is 13.1 Å². The monoisotopic (exact) mass is 325 g/mol. The van der Waals surface area contributed by atoms with Crippen molar-refractivity contribution in [3.8, 4) is 0 Å². The Bertz CT molecular complexity index is 802. The lowest BCUT2D eigenvalue weighted by Gasteiger charge is -2.08. The van der Waals surface area contributed by atoms with E-state index < -0.39 is 5.82 Å².